The molecule has 158 valence electrons. The van der Waals surface area contributed by atoms with E-state index in [0.717, 1.165) is 34.8 Å². The Morgan fingerprint density at radius 2 is 1.37 bits per heavy atom. The molecule has 30 heavy (non-hydrogen) atoms. The van der Waals surface area contributed by atoms with E-state index in [1.807, 2.05) is 0 Å². The number of hydrogen-bond donors (Lipinski definition) is 0. The van der Waals surface area contributed by atoms with Crippen molar-refractivity contribution in [2.75, 3.05) is 0 Å². The highest BCUT2D eigenvalue weighted by Gasteiger charge is 2.35. The molecule has 4 rings (SSSR count). The largest absolute Gasteiger partial charge is 0.0654 e. The topological polar surface area (TPSA) is 0 Å². The number of fused-ring (bicyclic) bond motifs is 1. The summed E-state index contributed by atoms with van der Waals surface area (Å²) in [7, 11) is 0. The van der Waals surface area contributed by atoms with Crippen LogP contribution in [0.3, 0.4) is 0 Å². The molecule has 0 aromatic heterocycles. The number of benzene rings is 2. The maximum Gasteiger partial charge on any atom is 0.0249 e. The van der Waals surface area contributed by atoms with Crippen LogP contribution >= 0.6 is 0 Å². The van der Waals surface area contributed by atoms with E-state index in [1.54, 1.807) is 5.56 Å². The third-order valence-electron chi connectivity index (χ3n) is 7.72. The third kappa shape index (κ3) is 5.57. The molecule has 0 spiro atoms. The van der Waals surface area contributed by atoms with Crippen LogP contribution in [0.2, 0.25) is 0 Å². The average molecular weight is 399 g/mol. The normalized spacial score (nSPS) is 25.8. The fourth-order valence-electron chi connectivity index (χ4n) is 5.85. The predicted octanol–water partition coefficient (Wildman–Crippen LogP) is 8.28. The van der Waals surface area contributed by atoms with Gasteiger partial charge in [0.25, 0.3) is 0 Å². The molecule has 0 bridgehead atoms. The zero-order chi connectivity index (χ0) is 20.8. The summed E-state index contributed by atoms with van der Waals surface area (Å²) >= 11 is 0. The number of aryl methyl sites for hydroxylation is 1. The molecular weight excluding hydrogens is 360 g/mol. The quantitative estimate of drug-likeness (QED) is 0.351. The zero-order valence-corrected chi connectivity index (χ0v) is 19.0. The second kappa shape index (κ2) is 10.3. The standard InChI is InChI=1S/C30H38/c1-3-4-5-6-26-15-18-30-22-29(20-19-28(30)21-26)27-16-13-25(14-17-27)12-11-24-9-7-23(2)8-10-24/h7-10,13-14,16-17,26,28-30H,3-6,15,18-22H2,1-2H3/t26?,28-,29-,30-/m1/s1. The highest BCUT2D eigenvalue weighted by Crippen LogP contribution is 2.48. The second-order valence-corrected chi connectivity index (χ2v) is 9.94. The fraction of sp³-hybridized carbons (Fsp3) is 0.533. The van der Waals surface area contributed by atoms with E-state index < -0.39 is 0 Å². The molecule has 2 saturated carbocycles. The van der Waals surface area contributed by atoms with Gasteiger partial charge in [0.15, 0.2) is 0 Å². The summed E-state index contributed by atoms with van der Waals surface area (Å²) in [5, 5.41) is 0. The lowest BCUT2D eigenvalue weighted by molar-refractivity contribution is 0.113. The van der Waals surface area contributed by atoms with Crippen molar-refractivity contribution in [1.82, 2.24) is 0 Å². The zero-order valence-electron chi connectivity index (χ0n) is 19.0. The van der Waals surface area contributed by atoms with Crippen LogP contribution < -0.4 is 0 Å². The van der Waals surface area contributed by atoms with Gasteiger partial charge in [0.2, 0.25) is 0 Å². The highest BCUT2D eigenvalue weighted by molar-refractivity contribution is 5.44. The van der Waals surface area contributed by atoms with Gasteiger partial charge >= 0.3 is 0 Å². The minimum absolute atomic E-state index is 0.766. The first-order valence-corrected chi connectivity index (χ1v) is 12.4. The molecule has 2 fully saturated rings. The fourth-order valence-corrected chi connectivity index (χ4v) is 5.85. The Balaban J connectivity index is 1.31. The monoisotopic (exact) mass is 398 g/mol. The molecule has 2 aliphatic carbocycles. The van der Waals surface area contributed by atoms with Gasteiger partial charge in [-0.2, -0.15) is 0 Å². The van der Waals surface area contributed by atoms with Crippen molar-refractivity contribution in [3.05, 3.63) is 70.8 Å². The predicted molar refractivity (Wildman–Crippen MR) is 129 cm³/mol. The summed E-state index contributed by atoms with van der Waals surface area (Å²) < 4.78 is 0. The maximum absolute atomic E-state index is 3.33. The van der Waals surface area contributed by atoms with Crippen LogP contribution in [0.15, 0.2) is 48.5 Å². The SMILES string of the molecule is CCCCCC1CC[C@@H]2C[C@H](c3ccc(C#Cc4ccc(C)cc4)cc3)CC[C@@H]2C1. The average Bonchev–Trinajstić information content (AvgIpc) is 2.79. The Hall–Kier alpha value is -2.00. The molecule has 2 aliphatic rings. The molecule has 2 aromatic rings. The Morgan fingerprint density at radius 1 is 0.733 bits per heavy atom. The Kier molecular flexibility index (Phi) is 7.33. The molecule has 0 saturated heterocycles. The van der Waals surface area contributed by atoms with Gasteiger partial charge in [0, 0.05) is 11.1 Å². The molecule has 1 unspecified atom stereocenters. The van der Waals surface area contributed by atoms with Crippen LogP contribution in [0.4, 0.5) is 0 Å². The van der Waals surface area contributed by atoms with E-state index in [2.05, 4.69) is 74.2 Å². The van der Waals surface area contributed by atoms with E-state index in [-0.39, 0.29) is 0 Å². The van der Waals surface area contributed by atoms with Crippen molar-refractivity contribution >= 4 is 0 Å². The molecule has 0 nitrogen and oxygen atoms in total. The van der Waals surface area contributed by atoms with E-state index in [0.29, 0.717) is 0 Å². The Labute approximate surface area is 184 Å². The molecule has 0 N–H and O–H groups in total. The van der Waals surface area contributed by atoms with Gasteiger partial charge in [0.05, 0.1) is 0 Å². The third-order valence-corrected chi connectivity index (χ3v) is 7.72. The van der Waals surface area contributed by atoms with Gasteiger partial charge in [-0.15, -0.1) is 0 Å². The Morgan fingerprint density at radius 3 is 2.07 bits per heavy atom. The number of unbranched alkanes of at least 4 members (excludes halogenated alkanes) is 2. The molecule has 0 heterocycles. The first-order chi connectivity index (χ1) is 14.7. The lowest BCUT2D eigenvalue weighted by Crippen LogP contribution is -2.30. The molecule has 0 amide bonds. The van der Waals surface area contributed by atoms with Crippen LogP contribution in [0, 0.1) is 36.5 Å². The van der Waals surface area contributed by atoms with Crippen molar-refractivity contribution in [3.63, 3.8) is 0 Å². The summed E-state index contributed by atoms with van der Waals surface area (Å²) in [4.78, 5) is 0. The van der Waals surface area contributed by atoms with E-state index in [9.17, 15) is 0 Å². The molecule has 0 radical (unpaired) electrons. The number of rotatable bonds is 5. The van der Waals surface area contributed by atoms with Crippen molar-refractivity contribution < 1.29 is 0 Å². The summed E-state index contributed by atoms with van der Waals surface area (Å²) in [5.41, 5.74) is 5.04. The van der Waals surface area contributed by atoms with E-state index >= 15 is 0 Å². The van der Waals surface area contributed by atoms with E-state index in [4.69, 9.17) is 0 Å². The van der Waals surface area contributed by atoms with E-state index in [1.165, 1.54) is 69.8 Å². The minimum Gasteiger partial charge on any atom is -0.0654 e. The van der Waals surface area contributed by atoms with Gasteiger partial charge in [-0.05, 0) is 92.5 Å². The summed E-state index contributed by atoms with van der Waals surface area (Å²) in [5.74, 6) is 10.4. The highest BCUT2D eigenvalue weighted by atomic mass is 14.4. The maximum atomic E-state index is 3.33. The van der Waals surface area contributed by atoms with Crippen LogP contribution in [0.25, 0.3) is 0 Å². The number of hydrogen-bond acceptors (Lipinski definition) is 0. The molecule has 0 aliphatic heterocycles. The van der Waals surface area contributed by atoms with Gasteiger partial charge in [-0.3, -0.25) is 0 Å². The Bertz CT molecular complexity index is 846. The van der Waals surface area contributed by atoms with Gasteiger partial charge in [-0.1, -0.05) is 80.7 Å². The molecule has 2 aromatic carbocycles. The minimum atomic E-state index is 0.766. The van der Waals surface area contributed by atoms with Gasteiger partial charge in [-0.25, -0.2) is 0 Å². The van der Waals surface area contributed by atoms with Gasteiger partial charge < -0.3 is 0 Å². The van der Waals surface area contributed by atoms with Crippen molar-refractivity contribution in [1.29, 1.82) is 0 Å². The van der Waals surface area contributed by atoms with Crippen LogP contribution in [-0.4, -0.2) is 0 Å². The van der Waals surface area contributed by atoms with Crippen molar-refractivity contribution in [3.8, 4) is 11.8 Å². The van der Waals surface area contributed by atoms with Crippen LogP contribution in [0.5, 0.6) is 0 Å². The molecule has 0 heteroatoms. The van der Waals surface area contributed by atoms with Crippen LogP contribution in [-0.2, 0) is 0 Å². The summed E-state index contributed by atoms with van der Waals surface area (Å²) in [6, 6.07) is 17.6. The van der Waals surface area contributed by atoms with Crippen LogP contribution in [0.1, 0.15) is 99.3 Å². The second-order valence-electron chi connectivity index (χ2n) is 9.94. The summed E-state index contributed by atoms with van der Waals surface area (Å²) in [6.45, 7) is 4.43. The smallest absolute Gasteiger partial charge is 0.0249 e. The first kappa shape index (κ1) is 21.2. The first-order valence-electron chi connectivity index (χ1n) is 12.4. The summed E-state index contributed by atoms with van der Waals surface area (Å²) in [6.07, 6.45) is 14.5. The molecule has 4 atom stereocenters. The molecular formula is C30H38. The van der Waals surface area contributed by atoms with Crippen molar-refractivity contribution in [2.24, 2.45) is 17.8 Å². The van der Waals surface area contributed by atoms with Crippen molar-refractivity contribution in [2.45, 2.75) is 84.0 Å². The lowest BCUT2D eigenvalue weighted by Gasteiger charge is -2.42. The lowest BCUT2D eigenvalue weighted by atomic mass is 9.63. The van der Waals surface area contributed by atoms with Gasteiger partial charge in [0.1, 0.15) is 0 Å².